The van der Waals surface area contributed by atoms with E-state index in [-0.39, 0.29) is 34.6 Å². The molecule has 3 aliphatic carbocycles. The standard InChI is InChI=1S/C21H24O4/c1-3-25-11-12-8-18-16-10-19(23)17-9-13(22)4-5-14(17)15(16)6-7-21(18,2)20(12)24/h4-5,9,11,15-16,18,22H,3,6-8,10H2,1-2H3/b12-11-/t15?,16?,18?,21-/m0/s1. The van der Waals surface area contributed by atoms with E-state index in [1.165, 1.54) is 0 Å². The average molecular weight is 340 g/mol. The number of carbonyl (C=O) groups is 2. The van der Waals surface area contributed by atoms with Crippen LogP contribution >= 0.6 is 0 Å². The Hall–Kier alpha value is -2.10. The van der Waals surface area contributed by atoms with Crippen LogP contribution in [0.2, 0.25) is 0 Å². The van der Waals surface area contributed by atoms with E-state index in [0.29, 0.717) is 30.9 Å². The Bertz CT molecular complexity index is 778. The Morgan fingerprint density at radius 3 is 2.88 bits per heavy atom. The third kappa shape index (κ3) is 2.34. The predicted octanol–water partition coefficient (Wildman–Crippen LogP) is 3.99. The van der Waals surface area contributed by atoms with Crippen molar-refractivity contribution in [1.29, 1.82) is 0 Å². The second-order valence-corrected chi connectivity index (χ2v) is 7.86. The summed E-state index contributed by atoms with van der Waals surface area (Å²) in [6.45, 7) is 4.53. The number of carbonyl (C=O) groups excluding carboxylic acids is 2. The molecule has 4 rings (SSSR count). The van der Waals surface area contributed by atoms with Crippen molar-refractivity contribution in [2.24, 2.45) is 17.3 Å². The van der Waals surface area contributed by atoms with Crippen molar-refractivity contribution in [3.63, 3.8) is 0 Å². The van der Waals surface area contributed by atoms with Crippen molar-refractivity contribution in [3.05, 3.63) is 41.2 Å². The van der Waals surface area contributed by atoms with Gasteiger partial charge in [0.2, 0.25) is 0 Å². The monoisotopic (exact) mass is 340 g/mol. The van der Waals surface area contributed by atoms with Crippen molar-refractivity contribution < 1.29 is 19.4 Å². The van der Waals surface area contributed by atoms with Crippen molar-refractivity contribution in [2.75, 3.05) is 6.61 Å². The first kappa shape index (κ1) is 16.4. The van der Waals surface area contributed by atoms with Gasteiger partial charge >= 0.3 is 0 Å². The highest BCUT2D eigenvalue weighted by molar-refractivity contribution is 6.03. The van der Waals surface area contributed by atoms with Gasteiger partial charge in [-0.15, -0.1) is 0 Å². The van der Waals surface area contributed by atoms with Crippen LogP contribution in [-0.4, -0.2) is 23.3 Å². The average Bonchev–Trinajstić information content (AvgIpc) is 2.85. The van der Waals surface area contributed by atoms with Crippen molar-refractivity contribution >= 4 is 11.6 Å². The summed E-state index contributed by atoms with van der Waals surface area (Å²) < 4.78 is 5.39. The van der Waals surface area contributed by atoms with Crippen LogP contribution in [0.3, 0.4) is 0 Å². The van der Waals surface area contributed by atoms with Gasteiger partial charge in [0.1, 0.15) is 5.75 Å². The Morgan fingerprint density at radius 1 is 1.32 bits per heavy atom. The summed E-state index contributed by atoms with van der Waals surface area (Å²) in [5.41, 5.74) is 2.12. The number of ketones is 2. The summed E-state index contributed by atoms with van der Waals surface area (Å²) in [7, 11) is 0. The van der Waals surface area contributed by atoms with Crippen LogP contribution in [0.5, 0.6) is 5.75 Å². The molecule has 4 heteroatoms. The number of benzene rings is 1. The Labute approximate surface area is 147 Å². The fraction of sp³-hybridized carbons (Fsp3) is 0.524. The number of aromatic hydroxyl groups is 1. The van der Waals surface area contributed by atoms with Gasteiger partial charge in [0.15, 0.2) is 11.6 Å². The summed E-state index contributed by atoms with van der Waals surface area (Å²) >= 11 is 0. The molecular formula is C21H24O4. The molecule has 2 saturated carbocycles. The fourth-order valence-corrected chi connectivity index (χ4v) is 5.35. The highest BCUT2D eigenvalue weighted by atomic mass is 16.5. The van der Waals surface area contributed by atoms with E-state index in [4.69, 9.17) is 4.74 Å². The minimum absolute atomic E-state index is 0.0890. The van der Waals surface area contributed by atoms with Crippen molar-refractivity contribution in [3.8, 4) is 5.75 Å². The molecule has 1 N–H and O–H groups in total. The fourth-order valence-electron chi connectivity index (χ4n) is 5.35. The maximum Gasteiger partial charge on any atom is 0.168 e. The van der Waals surface area contributed by atoms with Crippen LogP contribution in [0.15, 0.2) is 30.0 Å². The molecule has 132 valence electrons. The van der Waals surface area contributed by atoms with Gasteiger partial charge in [-0.1, -0.05) is 13.0 Å². The van der Waals surface area contributed by atoms with E-state index in [0.717, 1.165) is 24.0 Å². The van der Waals surface area contributed by atoms with Crippen LogP contribution in [0, 0.1) is 17.3 Å². The van der Waals surface area contributed by atoms with E-state index in [1.54, 1.807) is 18.4 Å². The molecule has 2 fully saturated rings. The maximum absolute atomic E-state index is 12.9. The molecule has 25 heavy (non-hydrogen) atoms. The largest absolute Gasteiger partial charge is 0.508 e. The zero-order valence-corrected chi connectivity index (χ0v) is 14.7. The quantitative estimate of drug-likeness (QED) is 0.653. The SMILES string of the molecule is CCO/C=C1/CC2C3CC(=O)c4cc(O)ccc4C3CC[C@]2(C)C1=O. The molecule has 3 unspecified atom stereocenters. The Balaban J connectivity index is 1.72. The number of hydrogen-bond donors (Lipinski definition) is 1. The highest BCUT2D eigenvalue weighted by Gasteiger charge is 2.57. The van der Waals surface area contributed by atoms with E-state index in [9.17, 15) is 14.7 Å². The number of hydrogen-bond acceptors (Lipinski definition) is 4. The van der Waals surface area contributed by atoms with E-state index in [1.807, 2.05) is 13.0 Å². The Morgan fingerprint density at radius 2 is 2.12 bits per heavy atom. The summed E-state index contributed by atoms with van der Waals surface area (Å²) in [6.07, 6.45) is 4.57. The third-order valence-corrected chi connectivity index (χ3v) is 6.63. The van der Waals surface area contributed by atoms with Crippen LogP contribution < -0.4 is 0 Å². The molecular weight excluding hydrogens is 316 g/mol. The molecule has 0 heterocycles. The predicted molar refractivity (Wildman–Crippen MR) is 93.4 cm³/mol. The number of fused-ring (bicyclic) bond motifs is 5. The van der Waals surface area contributed by atoms with Crippen molar-refractivity contribution in [2.45, 2.75) is 45.4 Å². The minimum atomic E-state index is -0.376. The lowest BCUT2D eigenvalue weighted by molar-refractivity contribution is -0.127. The number of phenols is 1. The Kier molecular flexibility index (Phi) is 3.75. The van der Waals surface area contributed by atoms with E-state index in [2.05, 4.69) is 6.92 Å². The maximum atomic E-state index is 12.9. The number of ether oxygens (including phenoxy) is 1. The van der Waals surface area contributed by atoms with Gasteiger partial charge in [0.05, 0.1) is 12.9 Å². The molecule has 1 aromatic carbocycles. The molecule has 4 nitrogen and oxygen atoms in total. The zero-order chi connectivity index (χ0) is 17.8. The first-order chi connectivity index (χ1) is 12.0. The van der Waals surface area contributed by atoms with Crippen LogP contribution in [0.1, 0.15) is 61.4 Å². The number of Topliss-reactive ketones (excluding diaryl/α,β-unsaturated/α-hetero) is 2. The van der Waals surface area contributed by atoms with Gasteiger partial charge in [-0.05, 0) is 61.6 Å². The van der Waals surface area contributed by atoms with Gasteiger partial charge in [-0.2, -0.15) is 0 Å². The zero-order valence-electron chi connectivity index (χ0n) is 14.7. The lowest BCUT2D eigenvalue weighted by Crippen LogP contribution is -2.43. The van der Waals surface area contributed by atoms with Gasteiger partial charge in [0, 0.05) is 23.0 Å². The van der Waals surface area contributed by atoms with Gasteiger partial charge in [-0.25, -0.2) is 0 Å². The molecule has 0 aliphatic heterocycles. The van der Waals surface area contributed by atoms with Crippen LogP contribution in [-0.2, 0) is 9.53 Å². The van der Waals surface area contributed by atoms with Gasteiger partial charge < -0.3 is 9.84 Å². The van der Waals surface area contributed by atoms with Gasteiger partial charge in [-0.3, -0.25) is 9.59 Å². The summed E-state index contributed by atoms with van der Waals surface area (Å²) in [6, 6.07) is 5.17. The summed E-state index contributed by atoms with van der Waals surface area (Å²) in [5.74, 6) is 1.12. The van der Waals surface area contributed by atoms with E-state index >= 15 is 0 Å². The minimum Gasteiger partial charge on any atom is -0.508 e. The normalized spacial score (nSPS) is 35.3. The highest BCUT2D eigenvalue weighted by Crippen LogP contribution is 2.60. The molecule has 4 atom stereocenters. The second kappa shape index (κ2) is 5.72. The summed E-state index contributed by atoms with van der Waals surface area (Å²) in [4.78, 5) is 25.6. The number of rotatable bonds is 2. The molecule has 0 spiro atoms. The topological polar surface area (TPSA) is 63.6 Å². The van der Waals surface area contributed by atoms with Crippen LogP contribution in [0.4, 0.5) is 0 Å². The lowest BCUT2D eigenvalue weighted by atomic mass is 9.55. The molecule has 0 amide bonds. The molecule has 0 aromatic heterocycles. The molecule has 1 aromatic rings. The molecule has 0 saturated heterocycles. The first-order valence-electron chi connectivity index (χ1n) is 9.17. The second-order valence-electron chi connectivity index (χ2n) is 7.86. The number of phenolic OH excluding ortho intramolecular Hbond substituents is 1. The van der Waals surface area contributed by atoms with E-state index < -0.39 is 0 Å². The smallest absolute Gasteiger partial charge is 0.168 e. The van der Waals surface area contributed by atoms with Crippen LogP contribution in [0.25, 0.3) is 0 Å². The molecule has 0 bridgehead atoms. The molecule has 0 radical (unpaired) electrons. The number of allylic oxidation sites excluding steroid dienone is 1. The lowest BCUT2D eigenvalue weighted by Gasteiger charge is -2.47. The summed E-state index contributed by atoms with van der Waals surface area (Å²) in [5, 5.41) is 9.73. The molecule has 3 aliphatic rings. The first-order valence-corrected chi connectivity index (χ1v) is 9.17. The van der Waals surface area contributed by atoms with Gasteiger partial charge in [0.25, 0.3) is 0 Å². The third-order valence-electron chi connectivity index (χ3n) is 6.63. The van der Waals surface area contributed by atoms with Crippen molar-refractivity contribution in [1.82, 2.24) is 0 Å².